The number of Topliss-reactive ketones (excluding diaryl/α,β-unsaturated/α-hetero) is 2. The maximum atomic E-state index is 12.3. The van der Waals surface area contributed by atoms with Crippen molar-refractivity contribution in [3.05, 3.63) is 83.3 Å². The summed E-state index contributed by atoms with van der Waals surface area (Å²) in [5.74, 6) is -3.74. The minimum absolute atomic E-state index is 0. The van der Waals surface area contributed by atoms with Crippen LogP contribution in [0.3, 0.4) is 0 Å². The Hall–Kier alpha value is -1.95. The van der Waals surface area contributed by atoms with Gasteiger partial charge in [-0.3, -0.25) is 9.59 Å². The van der Waals surface area contributed by atoms with Crippen molar-refractivity contribution in [2.24, 2.45) is 0 Å². The average molecular weight is 304 g/mol. The zero-order chi connectivity index (χ0) is 15.7. The summed E-state index contributed by atoms with van der Waals surface area (Å²) >= 11 is 0. The third kappa shape index (κ3) is 3.43. The Bertz CT molecular complexity index is 753. The van der Waals surface area contributed by atoms with Crippen molar-refractivity contribution in [1.29, 1.82) is 0 Å². The molecule has 2 aromatic carbocycles. The van der Waals surface area contributed by atoms with E-state index in [1.165, 1.54) is 24.3 Å². The van der Waals surface area contributed by atoms with Crippen molar-refractivity contribution >= 4 is 22.7 Å². The van der Waals surface area contributed by atoms with Crippen LogP contribution in [0, 0.1) is 0 Å². The van der Waals surface area contributed by atoms with Crippen molar-refractivity contribution in [1.82, 2.24) is 0 Å². The molecule has 4 nitrogen and oxygen atoms in total. The molecule has 0 heterocycles. The summed E-state index contributed by atoms with van der Waals surface area (Å²) < 4.78 is 0. The van der Waals surface area contributed by atoms with Gasteiger partial charge in [0.25, 0.3) is 0 Å². The Morgan fingerprint density at radius 1 is 0.542 bits per heavy atom. The van der Waals surface area contributed by atoms with Gasteiger partial charge in [0.2, 0.25) is 0 Å². The van der Waals surface area contributed by atoms with Crippen molar-refractivity contribution in [2.75, 3.05) is 0 Å². The Labute approximate surface area is 163 Å². The van der Waals surface area contributed by atoms with Gasteiger partial charge in [-0.1, -0.05) is 60.7 Å². The molecule has 0 radical (unpaired) electrons. The molecule has 24 heavy (non-hydrogen) atoms. The quantitative estimate of drug-likeness (QED) is 0.410. The Morgan fingerprint density at radius 2 is 0.833 bits per heavy atom. The van der Waals surface area contributed by atoms with Gasteiger partial charge in [0.1, 0.15) is 0 Å². The first-order chi connectivity index (χ1) is 10.6. The average Bonchev–Trinajstić information content (AvgIpc) is 2.55. The van der Waals surface area contributed by atoms with E-state index in [1.807, 2.05) is 0 Å². The monoisotopic (exact) mass is 304 g/mol. The van der Waals surface area contributed by atoms with Gasteiger partial charge in [-0.2, -0.15) is 0 Å². The van der Waals surface area contributed by atoms with Gasteiger partial charge in [-0.25, -0.2) is 0 Å². The topological polar surface area (TPSA) is 80.3 Å². The fourth-order valence-electron chi connectivity index (χ4n) is 2.39. The molecule has 0 spiro atoms. The van der Waals surface area contributed by atoms with Gasteiger partial charge in [0, 0.05) is 11.1 Å². The molecule has 3 rings (SSSR count). The molecule has 0 amide bonds. The first-order valence-corrected chi connectivity index (χ1v) is 6.64. The number of carbonyl (C=O) groups excluding carboxylic acids is 2. The standard InChI is InChI=1S/C18H12O4.2Li/c19-15-13(11-7-3-1-4-8-11)16(20)18(22)14(17(15)21)12-9-5-2-6-10-12;;/h1-10,19,22H;;/q;2*+1/p-2. The molecule has 0 aromatic heterocycles. The summed E-state index contributed by atoms with van der Waals surface area (Å²) in [5, 5.41) is 24.6. The number of allylic oxidation sites excluding steroid dienone is 2. The van der Waals surface area contributed by atoms with Crippen LogP contribution in [-0.2, 0) is 9.59 Å². The van der Waals surface area contributed by atoms with Crippen LogP contribution in [0.5, 0.6) is 0 Å². The predicted molar refractivity (Wildman–Crippen MR) is 76.7 cm³/mol. The number of hydrogen-bond donors (Lipinski definition) is 0. The zero-order valence-electron chi connectivity index (χ0n) is 13.4. The van der Waals surface area contributed by atoms with Crippen molar-refractivity contribution in [3.8, 4) is 0 Å². The molecule has 2 aromatic rings. The number of carbonyl (C=O) groups is 2. The fraction of sp³-hybridized carbons (Fsp3) is 0. The van der Waals surface area contributed by atoms with Crippen LogP contribution in [0.1, 0.15) is 11.1 Å². The predicted octanol–water partition coefficient (Wildman–Crippen LogP) is -5.31. The largest absolute Gasteiger partial charge is 1.00 e. The van der Waals surface area contributed by atoms with Gasteiger partial charge in [-0.05, 0) is 22.6 Å². The first kappa shape index (κ1) is 20.1. The Balaban J connectivity index is 0.00000144. The van der Waals surface area contributed by atoms with Crippen molar-refractivity contribution in [2.45, 2.75) is 0 Å². The van der Waals surface area contributed by atoms with E-state index in [2.05, 4.69) is 0 Å². The number of rotatable bonds is 2. The summed E-state index contributed by atoms with van der Waals surface area (Å²) in [7, 11) is 0. The van der Waals surface area contributed by atoms with E-state index in [0.717, 1.165) is 0 Å². The van der Waals surface area contributed by atoms with E-state index in [9.17, 15) is 19.8 Å². The van der Waals surface area contributed by atoms with E-state index in [4.69, 9.17) is 0 Å². The minimum atomic E-state index is -0.936. The Kier molecular flexibility index (Phi) is 6.90. The first-order valence-electron chi connectivity index (χ1n) is 6.64. The normalized spacial score (nSPS) is 14.2. The van der Waals surface area contributed by atoms with Crippen LogP contribution in [0.15, 0.2) is 72.2 Å². The smallest absolute Gasteiger partial charge is 0.869 e. The van der Waals surface area contributed by atoms with Crippen LogP contribution >= 0.6 is 0 Å². The summed E-state index contributed by atoms with van der Waals surface area (Å²) in [5.41, 5.74) is -0.136. The molecular weight excluding hydrogens is 294 g/mol. The molecule has 1 aliphatic rings. The van der Waals surface area contributed by atoms with E-state index in [-0.39, 0.29) is 60.0 Å². The molecule has 0 unspecified atom stereocenters. The summed E-state index contributed by atoms with van der Waals surface area (Å²) in [6.07, 6.45) is 0. The molecule has 0 N–H and O–H groups in total. The molecule has 0 saturated heterocycles. The SMILES string of the molecule is O=C1C([O-])=C(c2ccccc2)C(=O)C([O-])=C1c1ccccc1.[Li+].[Li+]. The second-order valence-electron chi connectivity index (χ2n) is 4.80. The molecule has 108 valence electrons. The third-order valence-corrected chi connectivity index (χ3v) is 3.45. The van der Waals surface area contributed by atoms with Crippen LogP contribution in [0.4, 0.5) is 0 Å². The van der Waals surface area contributed by atoms with Crippen LogP contribution in [0.2, 0.25) is 0 Å². The fourth-order valence-corrected chi connectivity index (χ4v) is 2.39. The van der Waals surface area contributed by atoms with E-state index >= 15 is 0 Å². The maximum absolute atomic E-state index is 12.3. The van der Waals surface area contributed by atoms with E-state index < -0.39 is 23.1 Å². The second kappa shape index (κ2) is 8.24. The molecule has 1 aliphatic carbocycles. The van der Waals surface area contributed by atoms with Gasteiger partial charge in [0.05, 0.1) is 0 Å². The van der Waals surface area contributed by atoms with Crippen molar-refractivity contribution < 1.29 is 57.5 Å². The maximum Gasteiger partial charge on any atom is 1.00 e. The Morgan fingerprint density at radius 3 is 1.12 bits per heavy atom. The van der Waals surface area contributed by atoms with Crippen LogP contribution < -0.4 is 47.9 Å². The molecule has 6 heteroatoms. The van der Waals surface area contributed by atoms with Gasteiger partial charge in [-0.15, -0.1) is 0 Å². The molecule has 0 saturated carbocycles. The van der Waals surface area contributed by atoms with Crippen LogP contribution in [0.25, 0.3) is 11.1 Å². The molecule has 0 aliphatic heterocycles. The molecule has 0 bridgehead atoms. The summed E-state index contributed by atoms with van der Waals surface area (Å²) in [6, 6.07) is 16.1. The van der Waals surface area contributed by atoms with Crippen molar-refractivity contribution in [3.63, 3.8) is 0 Å². The molecule has 0 fully saturated rings. The third-order valence-electron chi connectivity index (χ3n) is 3.45. The zero-order valence-corrected chi connectivity index (χ0v) is 13.4. The van der Waals surface area contributed by atoms with Gasteiger partial charge < -0.3 is 10.2 Å². The van der Waals surface area contributed by atoms with Gasteiger partial charge in [0.15, 0.2) is 11.6 Å². The number of ketones is 2. The van der Waals surface area contributed by atoms with Crippen LogP contribution in [-0.4, -0.2) is 11.6 Å². The summed E-state index contributed by atoms with van der Waals surface area (Å²) in [6.45, 7) is 0. The molecular formula is C18H10Li2O4. The molecule has 0 atom stereocenters. The number of benzene rings is 2. The van der Waals surface area contributed by atoms with E-state index in [0.29, 0.717) is 0 Å². The van der Waals surface area contributed by atoms with E-state index in [1.54, 1.807) is 36.4 Å². The number of hydrogen-bond acceptors (Lipinski definition) is 4. The summed E-state index contributed by atoms with van der Waals surface area (Å²) in [4.78, 5) is 24.6. The minimum Gasteiger partial charge on any atom is -0.869 e. The van der Waals surface area contributed by atoms with Gasteiger partial charge >= 0.3 is 37.7 Å². The second-order valence-corrected chi connectivity index (χ2v) is 4.80.